The van der Waals surface area contributed by atoms with Gasteiger partial charge in [-0.2, -0.15) is 0 Å². The number of nitrogens with zero attached hydrogens (tertiary/aromatic N) is 1. The standard InChI is InChI=1S/C30H33NO6/c1-4-5-18-36-27-20-23(21-28(35-3)30(33)34)13-16-26(27)37-19-17-22-11-14-25(15-12-22)31(2)29(32)24-9-7-6-8-10-24/h6-16,20-21H,4-5,17-19H2,1-3H3,(H,33,34). The van der Waals surface area contributed by atoms with Crippen LogP contribution in [0.25, 0.3) is 6.08 Å². The molecule has 0 unspecified atom stereocenters. The van der Waals surface area contributed by atoms with E-state index in [9.17, 15) is 14.7 Å². The zero-order valence-corrected chi connectivity index (χ0v) is 21.5. The fourth-order valence-electron chi connectivity index (χ4n) is 3.59. The van der Waals surface area contributed by atoms with Gasteiger partial charge in [0, 0.05) is 24.7 Å². The van der Waals surface area contributed by atoms with Crippen molar-refractivity contribution in [2.45, 2.75) is 26.2 Å². The molecule has 0 aliphatic heterocycles. The predicted molar refractivity (Wildman–Crippen MR) is 144 cm³/mol. The van der Waals surface area contributed by atoms with Crippen LogP contribution in [0.4, 0.5) is 5.69 Å². The largest absolute Gasteiger partial charge is 0.490 e. The van der Waals surface area contributed by atoms with Crippen molar-refractivity contribution in [2.75, 3.05) is 32.3 Å². The van der Waals surface area contributed by atoms with Crippen LogP contribution in [-0.2, 0) is 16.0 Å². The summed E-state index contributed by atoms with van der Waals surface area (Å²) >= 11 is 0. The van der Waals surface area contributed by atoms with Crippen LogP contribution in [0.15, 0.2) is 78.6 Å². The van der Waals surface area contributed by atoms with Gasteiger partial charge < -0.3 is 24.2 Å². The topological polar surface area (TPSA) is 85.3 Å². The van der Waals surface area contributed by atoms with Crippen molar-refractivity contribution < 1.29 is 28.9 Å². The molecular weight excluding hydrogens is 470 g/mol. The maximum Gasteiger partial charge on any atom is 0.371 e. The lowest BCUT2D eigenvalue weighted by molar-refractivity contribution is -0.135. The number of carboxylic acids is 1. The van der Waals surface area contributed by atoms with Gasteiger partial charge in [-0.25, -0.2) is 4.79 Å². The van der Waals surface area contributed by atoms with Crippen molar-refractivity contribution >= 4 is 23.6 Å². The Morgan fingerprint density at radius 2 is 1.62 bits per heavy atom. The zero-order chi connectivity index (χ0) is 26.6. The average Bonchev–Trinajstić information content (AvgIpc) is 2.92. The molecule has 0 aromatic heterocycles. The number of carbonyl (C=O) groups excluding carboxylic acids is 1. The first kappa shape index (κ1) is 27.3. The summed E-state index contributed by atoms with van der Waals surface area (Å²) in [6, 6.07) is 22.3. The first-order valence-corrected chi connectivity index (χ1v) is 12.2. The normalized spacial score (nSPS) is 11.1. The van der Waals surface area contributed by atoms with Crippen LogP contribution in [0.3, 0.4) is 0 Å². The minimum Gasteiger partial charge on any atom is -0.490 e. The summed E-state index contributed by atoms with van der Waals surface area (Å²) in [5, 5.41) is 9.21. The molecule has 0 radical (unpaired) electrons. The van der Waals surface area contributed by atoms with E-state index in [4.69, 9.17) is 14.2 Å². The maximum atomic E-state index is 12.7. The average molecular weight is 504 g/mol. The second kappa shape index (κ2) is 13.7. The highest BCUT2D eigenvalue weighted by atomic mass is 16.5. The molecule has 7 heteroatoms. The van der Waals surface area contributed by atoms with E-state index in [0.29, 0.717) is 42.3 Å². The molecule has 37 heavy (non-hydrogen) atoms. The Morgan fingerprint density at radius 1 is 0.919 bits per heavy atom. The van der Waals surface area contributed by atoms with E-state index in [1.54, 1.807) is 42.3 Å². The van der Waals surface area contributed by atoms with Crippen molar-refractivity contribution in [3.8, 4) is 11.5 Å². The van der Waals surface area contributed by atoms with Crippen LogP contribution in [0.2, 0.25) is 0 Å². The minimum atomic E-state index is -1.14. The third-order valence-corrected chi connectivity index (χ3v) is 5.75. The van der Waals surface area contributed by atoms with Gasteiger partial charge in [0.05, 0.1) is 20.3 Å². The van der Waals surface area contributed by atoms with Gasteiger partial charge in [-0.05, 0) is 60.0 Å². The first-order valence-electron chi connectivity index (χ1n) is 12.2. The molecule has 194 valence electrons. The summed E-state index contributed by atoms with van der Waals surface area (Å²) in [6.07, 6.45) is 4.00. The number of rotatable bonds is 13. The van der Waals surface area contributed by atoms with E-state index in [0.717, 1.165) is 24.1 Å². The van der Waals surface area contributed by atoms with Gasteiger partial charge in [-0.3, -0.25) is 4.79 Å². The predicted octanol–water partition coefficient (Wildman–Crippen LogP) is 5.84. The van der Waals surface area contributed by atoms with Crippen LogP contribution in [0.5, 0.6) is 11.5 Å². The van der Waals surface area contributed by atoms with Crippen molar-refractivity contribution in [3.05, 3.63) is 95.2 Å². The molecule has 0 aliphatic rings. The second-order valence-corrected chi connectivity index (χ2v) is 8.42. The number of anilines is 1. The lowest BCUT2D eigenvalue weighted by atomic mass is 10.1. The summed E-state index contributed by atoms with van der Waals surface area (Å²) < 4.78 is 16.9. The third-order valence-electron chi connectivity index (χ3n) is 5.75. The van der Waals surface area contributed by atoms with Crippen LogP contribution >= 0.6 is 0 Å². The molecular formula is C30H33NO6. The number of carboxylic acid groups (broad SMARTS) is 1. The second-order valence-electron chi connectivity index (χ2n) is 8.42. The highest BCUT2D eigenvalue weighted by Crippen LogP contribution is 2.30. The smallest absolute Gasteiger partial charge is 0.371 e. The Bertz CT molecular complexity index is 1200. The van der Waals surface area contributed by atoms with Crippen LogP contribution in [0.1, 0.15) is 41.3 Å². The lowest BCUT2D eigenvalue weighted by Crippen LogP contribution is -2.26. The SMILES string of the molecule is CCCCOc1cc(C=C(OC)C(=O)O)ccc1OCCc1ccc(N(C)C(=O)c2ccccc2)cc1. The van der Waals surface area contributed by atoms with Gasteiger partial charge in [0.15, 0.2) is 11.5 Å². The van der Waals surface area contributed by atoms with Gasteiger partial charge in [-0.1, -0.05) is 49.7 Å². The number of benzene rings is 3. The Kier molecular flexibility index (Phi) is 10.1. The number of methoxy groups -OCH3 is 1. The Labute approximate surface area is 217 Å². The number of amides is 1. The van der Waals surface area contributed by atoms with Gasteiger partial charge in [-0.15, -0.1) is 0 Å². The lowest BCUT2D eigenvalue weighted by Gasteiger charge is -2.18. The molecule has 0 aliphatic carbocycles. The molecule has 0 fully saturated rings. The molecule has 0 heterocycles. The molecule has 3 aromatic carbocycles. The highest BCUT2D eigenvalue weighted by molar-refractivity contribution is 6.05. The zero-order valence-electron chi connectivity index (χ0n) is 21.5. The highest BCUT2D eigenvalue weighted by Gasteiger charge is 2.13. The van der Waals surface area contributed by atoms with Crippen LogP contribution in [0, 0.1) is 0 Å². The van der Waals surface area contributed by atoms with Crippen LogP contribution in [-0.4, -0.2) is 44.4 Å². The summed E-state index contributed by atoms with van der Waals surface area (Å²) in [7, 11) is 3.08. The Morgan fingerprint density at radius 3 is 2.27 bits per heavy atom. The summed E-state index contributed by atoms with van der Waals surface area (Å²) in [4.78, 5) is 25.6. The van der Waals surface area contributed by atoms with Gasteiger partial charge in [0.2, 0.25) is 5.76 Å². The van der Waals surface area contributed by atoms with Crippen molar-refractivity contribution in [1.29, 1.82) is 0 Å². The number of ether oxygens (including phenoxy) is 3. The fourth-order valence-corrected chi connectivity index (χ4v) is 3.59. The van der Waals surface area contributed by atoms with E-state index >= 15 is 0 Å². The van der Waals surface area contributed by atoms with Crippen molar-refractivity contribution in [2.24, 2.45) is 0 Å². The van der Waals surface area contributed by atoms with E-state index < -0.39 is 5.97 Å². The number of carbonyl (C=O) groups is 2. The number of hydrogen-bond donors (Lipinski definition) is 1. The summed E-state index contributed by atoms with van der Waals surface area (Å²) in [6.45, 7) is 3.04. The van der Waals surface area contributed by atoms with Gasteiger partial charge in [0.25, 0.3) is 5.91 Å². The first-order chi connectivity index (χ1) is 17.9. The summed E-state index contributed by atoms with van der Waals surface area (Å²) in [5.41, 5.74) is 3.17. The molecule has 0 saturated heterocycles. The Balaban J connectivity index is 1.64. The summed E-state index contributed by atoms with van der Waals surface area (Å²) in [5.74, 6) is -0.219. The molecule has 0 saturated carbocycles. The third kappa shape index (κ3) is 7.87. The van der Waals surface area contributed by atoms with E-state index in [2.05, 4.69) is 6.92 Å². The molecule has 1 N–H and O–H groups in total. The van der Waals surface area contributed by atoms with Crippen molar-refractivity contribution in [3.63, 3.8) is 0 Å². The maximum absolute atomic E-state index is 12.7. The molecule has 0 bridgehead atoms. The van der Waals surface area contributed by atoms with Gasteiger partial charge in [0.1, 0.15) is 0 Å². The molecule has 3 rings (SSSR count). The number of hydrogen-bond acceptors (Lipinski definition) is 5. The molecule has 0 atom stereocenters. The molecule has 3 aromatic rings. The van der Waals surface area contributed by atoms with E-state index in [-0.39, 0.29) is 11.7 Å². The quantitative estimate of drug-likeness (QED) is 0.179. The van der Waals surface area contributed by atoms with E-state index in [1.807, 2.05) is 42.5 Å². The van der Waals surface area contributed by atoms with E-state index in [1.165, 1.54) is 13.2 Å². The number of aliphatic carboxylic acids is 1. The molecule has 0 spiro atoms. The monoisotopic (exact) mass is 503 g/mol. The van der Waals surface area contributed by atoms with Crippen molar-refractivity contribution in [1.82, 2.24) is 0 Å². The fraction of sp³-hybridized carbons (Fsp3) is 0.267. The Hall–Kier alpha value is -4.26. The van der Waals surface area contributed by atoms with Gasteiger partial charge >= 0.3 is 5.97 Å². The molecule has 7 nitrogen and oxygen atoms in total. The molecule has 1 amide bonds. The number of unbranched alkanes of at least 4 members (excludes halogenated alkanes) is 1. The minimum absolute atomic E-state index is 0.0634. The van der Waals surface area contributed by atoms with Crippen LogP contribution < -0.4 is 14.4 Å².